The van der Waals surface area contributed by atoms with E-state index in [-0.39, 0.29) is 5.97 Å². The number of ether oxygens (including phenoxy) is 1. The Morgan fingerprint density at radius 3 is 2.67 bits per heavy atom. The molecule has 0 spiro atoms. The fourth-order valence-corrected chi connectivity index (χ4v) is 5.59. The molecule has 5 heteroatoms. The zero-order valence-corrected chi connectivity index (χ0v) is 16.2. The minimum Gasteiger partial charge on any atom is -0.422 e. The summed E-state index contributed by atoms with van der Waals surface area (Å²) in [6, 6.07) is 17.7. The molecule has 0 saturated heterocycles. The molecule has 1 aliphatic rings. The van der Waals surface area contributed by atoms with Crippen LogP contribution in [0.25, 0.3) is 20.8 Å². The number of para-hydroxylation sites is 2. The summed E-state index contributed by atoms with van der Waals surface area (Å²) in [6.45, 7) is 0. The molecule has 27 heavy (non-hydrogen) atoms. The number of thiazole rings is 1. The third-order valence-corrected chi connectivity index (χ3v) is 7.10. The smallest absolute Gasteiger partial charge is 0.353 e. The van der Waals surface area contributed by atoms with E-state index < -0.39 is 0 Å². The van der Waals surface area contributed by atoms with Crippen LogP contribution in [0.5, 0.6) is 5.75 Å². The van der Waals surface area contributed by atoms with Gasteiger partial charge in [-0.1, -0.05) is 24.3 Å². The van der Waals surface area contributed by atoms with Crippen LogP contribution >= 0.6 is 22.7 Å². The molecule has 5 rings (SSSR count). The fraction of sp³-hybridized carbons (Fsp3) is 0.182. The molecule has 2 heterocycles. The number of carbonyl (C=O) groups excluding carboxylic acids is 1. The maximum Gasteiger partial charge on any atom is 0.353 e. The number of fused-ring (bicyclic) bond motifs is 2. The Morgan fingerprint density at radius 1 is 0.963 bits per heavy atom. The van der Waals surface area contributed by atoms with Gasteiger partial charge in [0.1, 0.15) is 15.6 Å². The van der Waals surface area contributed by atoms with E-state index in [9.17, 15) is 4.79 Å². The molecule has 4 aromatic rings. The number of hydrogen-bond acceptors (Lipinski definition) is 5. The van der Waals surface area contributed by atoms with Gasteiger partial charge >= 0.3 is 5.97 Å². The second-order valence-corrected chi connectivity index (χ2v) is 8.81. The zero-order chi connectivity index (χ0) is 18.2. The van der Waals surface area contributed by atoms with Crippen molar-refractivity contribution in [3.05, 3.63) is 69.9 Å². The fourth-order valence-electron chi connectivity index (χ4n) is 3.46. The van der Waals surface area contributed by atoms with Crippen LogP contribution in [0, 0.1) is 0 Å². The molecule has 2 aromatic heterocycles. The van der Waals surface area contributed by atoms with Crippen molar-refractivity contribution in [3.63, 3.8) is 0 Å². The summed E-state index contributed by atoms with van der Waals surface area (Å²) in [5.74, 6) is 0.288. The van der Waals surface area contributed by atoms with Crippen LogP contribution < -0.4 is 4.74 Å². The molecule has 0 bridgehead atoms. The van der Waals surface area contributed by atoms with E-state index in [1.54, 1.807) is 22.7 Å². The second-order valence-electron chi connectivity index (χ2n) is 6.64. The molecule has 0 atom stereocenters. The van der Waals surface area contributed by atoms with Gasteiger partial charge in [-0.15, -0.1) is 22.7 Å². The molecule has 0 unspecified atom stereocenters. The van der Waals surface area contributed by atoms with Crippen molar-refractivity contribution in [2.24, 2.45) is 0 Å². The van der Waals surface area contributed by atoms with Gasteiger partial charge in [-0.25, -0.2) is 9.78 Å². The summed E-state index contributed by atoms with van der Waals surface area (Å²) >= 11 is 3.19. The molecular weight excluding hydrogens is 374 g/mol. The van der Waals surface area contributed by atoms with Crippen LogP contribution in [0.2, 0.25) is 0 Å². The van der Waals surface area contributed by atoms with Gasteiger partial charge in [0.2, 0.25) is 0 Å². The van der Waals surface area contributed by atoms with Crippen LogP contribution in [-0.4, -0.2) is 11.0 Å². The van der Waals surface area contributed by atoms with Crippen LogP contribution in [0.4, 0.5) is 0 Å². The van der Waals surface area contributed by atoms with Gasteiger partial charge in [-0.2, -0.15) is 0 Å². The first-order chi connectivity index (χ1) is 13.3. The number of carbonyl (C=O) groups is 1. The number of aryl methyl sites for hydroxylation is 2. The van der Waals surface area contributed by atoms with E-state index in [1.165, 1.54) is 23.3 Å². The summed E-state index contributed by atoms with van der Waals surface area (Å²) in [5, 5.41) is 0.866. The van der Waals surface area contributed by atoms with E-state index in [4.69, 9.17) is 9.72 Å². The predicted octanol–water partition coefficient (Wildman–Crippen LogP) is 6.12. The van der Waals surface area contributed by atoms with Gasteiger partial charge in [0.25, 0.3) is 0 Å². The summed E-state index contributed by atoms with van der Waals surface area (Å²) in [5.41, 5.74) is 3.13. The number of aromatic nitrogens is 1. The molecule has 0 radical (unpaired) electrons. The van der Waals surface area contributed by atoms with E-state index >= 15 is 0 Å². The summed E-state index contributed by atoms with van der Waals surface area (Å²) in [7, 11) is 0. The highest BCUT2D eigenvalue weighted by atomic mass is 32.1. The first-order valence-electron chi connectivity index (χ1n) is 9.07. The Morgan fingerprint density at radius 2 is 1.78 bits per heavy atom. The third kappa shape index (κ3) is 3.17. The summed E-state index contributed by atoms with van der Waals surface area (Å²) in [6.07, 6.45) is 4.57. The van der Waals surface area contributed by atoms with Crippen LogP contribution in [0.1, 0.15) is 33.0 Å². The monoisotopic (exact) mass is 391 g/mol. The van der Waals surface area contributed by atoms with E-state index in [0.29, 0.717) is 10.6 Å². The molecule has 0 amide bonds. The van der Waals surface area contributed by atoms with Gasteiger partial charge in [0.05, 0.1) is 15.8 Å². The normalized spacial score (nSPS) is 13.5. The Kier molecular flexibility index (Phi) is 4.26. The number of benzene rings is 2. The van der Waals surface area contributed by atoms with Crippen molar-refractivity contribution in [2.45, 2.75) is 25.7 Å². The third-order valence-electron chi connectivity index (χ3n) is 4.81. The number of thiophene rings is 1. The van der Waals surface area contributed by atoms with Crippen molar-refractivity contribution < 1.29 is 9.53 Å². The number of hydrogen-bond donors (Lipinski definition) is 0. The molecule has 0 aliphatic heterocycles. The highest BCUT2D eigenvalue weighted by Crippen LogP contribution is 2.36. The van der Waals surface area contributed by atoms with Crippen molar-refractivity contribution >= 4 is 38.9 Å². The molecule has 0 fully saturated rings. The minimum absolute atomic E-state index is 0.275. The van der Waals surface area contributed by atoms with E-state index in [2.05, 4.69) is 6.07 Å². The van der Waals surface area contributed by atoms with Gasteiger partial charge in [0, 0.05) is 4.88 Å². The first-order valence-corrected chi connectivity index (χ1v) is 10.7. The van der Waals surface area contributed by atoms with Crippen LogP contribution in [-0.2, 0) is 12.8 Å². The van der Waals surface area contributed by atoms with Crippen molar-refractivity contribution in [3.8, 4) is 16.3 Å². The van der Waals surface area contributed by atoms with Crippen molar-refractivity contribution in [2.75, 3.05) is 0 Å². The highest BCUT2D eigenvalue weighted by Gasteiger charge is 2.20. The summed E-state index contributed by atoms with van der Waals surface area (Å²) in [4.78, 5) is 19.5. The molecule has 3 nitrogen and oxygen atoms in total. The Hall–Kier alpha value is -2.50. The maximum atomic E-state index is 12.8. The SMILES string of the molecule is O=C(Oc1ccccc1-c1nc2ccccc2s1)c1cc2c(s1)CCCC2. The zero-order valence-electron chi connectivity index (χ0n) is 14.6. The lowest BCUT2D eigenvalue weighted by Gasteiger charge is -2.08. The topological polar surface area (TPSA) is 39.2 Å². The minimum atomic E-state index is -0.275. The standard InChI is InChI=1S/C22H17NO2S2/c24-22(20-13-14-7-1-5-11-18(14)26-20)25-17-10-4-2-8-15(17)21-23-16-9-3-6-12-19(16)27-21/h2-4,6,8-10,12-13H,1,5,7,11H2. The van der Waals surface area contributed by atoms with Gasteiger partial charge < -0.3 is 4.74 Å². The van der Waals surface area contributed by atoms with E-state index in [1.807, 2.05) is 48.5 Å². The first kappa shape index (κ1) is 16.7. The number of rotatable bonds is 3. The number of esters is 1. The average molecular weight is 392 g/mol. The molecular formula is C22H17NO2S2. The van der Waals surface area contributed by atoms with Crippen molar-refractivity contribution in [1.82, 2.24) is 4.98 Å². The van der Waals surface area contributed by atoms with Gasteiger partial charge in [0.15, 0.2) is 0 Å². The van der Waals surface area contributed by atoms with Crippen LogP contribution in [0.15, 0.2) is 54.6 Å². The molecule has 0 N–H and O–H groups in total. The summed E-state index contributed by atoms with van der Waals surface area (Å²) < 4.78 is 6.92. The van der Waals surface area contributed by atoms with Crippen molar-refractivity contribution in [1.29, 1.82) is 0 Å². The Bertz CT molecular complexity index is 1090. The quantitative estimate of drug-likeness (QED) is 0.312. The predicted molar refractivity (Wildman–Crippen MR) is 111 cm³/mol. The van der Waals surface area contributed by atoms with E-state index in [0.717, 1.165) is 33.6 Å². The molecule has 1 aliphatic carbocycles. The average Bonchev–Trinajstić information content (AvgIpc) is 3.32. The lowest BCUT2D eigenvalue weighted by molar-refractivity contribution is 0.0740. The lowest BCUT2D eigenvalue weighted by atomic mass is 9.99. The second kappa shape index (κ2) is 6.91. The Balaban J connectivity index is 1.47. The van der Waals surface area contributed by atoms with Gasteiger partial charge in [-0.3, -0.25) is 0 Å². The largest absolute Gasteiger partial charge is 0.422 e. The maximum absolute atomic E-state index is 12.8. The molecule has 134 valence electrons. The Labute approximate surface area is 165 Å². The number of nitrogens with zero attached hydrogens (tertiary/aromatic N) is 1. The lowest BCUT2D eigenvalue weighted by Crippen LogP contribution is -2.07. The highest BCUT2D eigenvalue weighted by molar-refractivity contribution is 7.21. The molecule has 2 aromatic carbocycles. The van der Waals surface area contributed by atoms with Gasteiger partial charge in [-0.05, 0) is 61.6 Å². The van der Waals surface area contributed by atoms with Crippen LogP contribution in [0.3, 0.4) is 0 Å². The molecule has 0 saturated carbocycles.